The molecule has 6 heteroatoms. The summed E-state index contributed by atoms with van der Waals surface area (Å²) in [4.78, 5) is 0. The lowest BCUT2D eigenvalue weighted by Gasteiger charge is -2.09. The first-order chi connectivity index (χ1) is 6.96. The topological polar surface area (TPSA) is 22.4 Å². The average molecular weight is 236 g/mol. The summed E-state index contributed by atoms with van der Waals surface area (Å²) in [6.45, 7) is 0. The van der Waals surface area contributed by atoms with Crippen molar-refractivity contribution in [1.29, 1.82) is 0 Å². The Bertz CT molecular complexity index is 490. The fourth-order valence-corrected chi connectivity index (χ4v) is 1.32. The molecule has 1 heterocycles. The van der Waals surface area contributed by atoms with Crippen LogP contribution in [-0.4, -0.2) is 6.36 Å². The molecule has 1 radical (unpaired) electrons. The molecule has 2 rings (SSSR count). The number of furan rings is 1. The minimum absolute atomic E-state index is 0.141. The van der Waals surface area contributed by atoms with Gasteiger partial charge in [-0.2, -0.15) is 0 Å². The molecule has 0 aliphatic heterocycles. The Kier molecular flexibility index (Phi) is 2.26. The second-order valence-electron chi connectivity index (χ2n) is 2.76. The summed E-state index contributed by atoms with van der Waals surface area (Å²) in [5.74, 6) is -0.452. The van der Waals surface area contributed by atoms with Gasteiger partial charge in [-0.1, -0.05) is 11.6 Å². The fraction of sp³-hybridized carbons (Fsp3) is 0.111. The van der Waals surface area contributed by atoms with Crippen LogP contribution < -0.4 is 4.74 Å². The molecular weight excluding hydrogens is 233 g/mol. The van der Waals surface area contributed by atoms with Crippen molar-refractivity contribution >= 4 is 22.4 Å². The highest BCUT2D eigenvalue weighted by Crippen LogP contribution is 2.33. The molecule has 2 aromatic rings. The molecule has 1 aromatic carbocycles. The quantitative estimate of drug-likeness (QED) is 0.750. The third-order valence-electron chi connectivity index (χ3n) is 1.68. The standard InChI is InChI=1S/C9H3ClF3O2/c10-7-1-5-3-14-4-6(5)2-8(7)15-9(11,12)13/h1-2,4H. The normalized spacial score (nSPS) is 12.0. The molecule has 0 amide bonds. The number of fused-ring (bicyclic) bond motifs is 1. The van der Waals surface area contributed by atoms with Gasteiger partial charge in [0.1, 0.15) is 5.75 Å². The summed E-state index contributed by atoms with van der Waals surface area (Å²) in [6.07, 6.45) is -1.05. The highest BCUT2D eigenvalue weighted by atomic mass is 35.5. The summed E-state index contributed by atoms with van der Waals surface area (Å²) >= 11 is 5.58. The van der Waals surface area contributed by atoms with E-state index >= 15 is 0 Å². The molecule has 0 aliphatic carbocycles. The van der Waals surface area contributed by atoms with E-state index < -0.39 is 12.1 Å². The van der Waals surface area contributed by atoms with Gasteiger partial charge in [0.05, 0.1) is 11.3 Å². The first-order valence-corrected chi connectivity index (χ1v) is 4.18. The van der Waals surface area contributed by atoms with E-state index in [1.54, 1.807) is 0 Å². The maximum atomic E-state index is 11.9. The van der Waals surface area contributed by atoms with Gasteiger partial charge in [-0.3, -0.25) is 0 Å². The molecule has 15 heavy (non-hydrogen) atoms. The van der Waals surface area contributed by atoms with Crippen molar-refractivity contribution in [2.24, 2.45) is 0 Å². The Hall–Kier alpha value is -1.36. The maximum absolute atomic E-state index is 11.9. The van der Waals surface area contributed by atoms with Crippen LogP contribution in [0.4, 0.5) is 13.2 Å². The Labute approximate surface area is 87.2 Å². The number of rotatable bonds is 1. The van der Waals surface area contributed by atoms with Crippen LogP contribution in [0.3, 0.4) is 0 Å². The van der Waals surface area contributed by atoms with E-state index in [4.69, 9.17) is 11.6 Å². The van der Waals surface area contributed by atoms with Gasteiger partial charge in [-0.25, -0.2) is 0 Å². The molecule has 1 aromatic heterocycles. The summed E-state index contributed by atoms with van der Waals surface area (Å²) in [5.41, 5.74) is 0. The zero-order valence-corrected chi connectivity index (χ0v) is 7.82. The maximum Gasteiger partial charge on any atom is 0.573 e. The minimum Gasteiger partial charge on any atom is -0.460 e. The lowest BCUT2D eigenvalue weighted by Crippen LogP contribution is -2.17. The average Bonchev–Trinajstić information content (AvgIpc) is 2.49. The molecule has 0 spiro atoms. The van der Waals surface area contributed by atoms with Crippen LogP contribution >= 0.6 is 11.6 Å². The molecule has 2 nitrogen and oxygen atoms in total. The summed E-state index contributed by atoms with van der Waals surface area (Å²) in [7, 11) is 0. The van der Waals surface area contributed by atoms with Gasteiger partial charge in [-0.15, -0.1) is 13.2 Å². The molecule has 0 unspecified atom stereocenters. The number of ether oxygens (including phenoxy) is 1. The molecule has 0 saturated carbocycles. The van der Waals surface area contributed by atoms with Crippen LogP contribution in [0, 0.1) is 6.26 Å². The van der Waals surface area contributed by atoms with Crippen LogP contribution in [0.5, 0.6) is 5.75 Å². The molecule has 0 fully saturated rings. The highest BCUT2D eigenvalue weighted by Gasteiger charge is 2.32. The molecule has 79 valence electrons. The van der Waals surface area contributed by atoms with Gasteiger partial charge >= 0.3 is 6.36 Å². The van der Waals surface area contributed by atoms with Crippen LogP contribution in [0.1, 0.15) is 0 Å². The smallest absolute Gasteiger partial charge is 0.460 e. The van der Waals surface area contributed by atoms with Gasteiger partial charge < -0.3 is 9.15 Å². The van der Waals surface area contributed by atoms with E-state index in [2.05, 4.69) is 15.4 Å². The molecule has 0 saturated heterocycles. The van der Waals surface area contributed by atoms with Crippen LogP contribution in [0.25, 0.3) is 10.8 Å². The molecule has 0 aliphatic rings. The largest absolute Gasteiger partial charge is 0.573 e. The van der Waals surface area contributed by atoms with Crippen molar-refractivity contribution in [1.82, 2.24) is 0 Å². The van der Waals surface area contributed by atoms with Crippen molar-refractivity contribution in [3.8, 4) is 5.75 Å². The van der Waals surface area contributed by atoms with Gasteiger partial charge in [0.2, 0.25) is 0 Å². The lowest BCUT2D eigenvalue weighted by atomic mass is 10.2. The van der Waals surface area contributed by atoms with Crippen molar-refractivity contribution in [3.05, 3.63) is 29.7 Å². The summed E-state index contributed by atoms with van der Waals surface area (Å²) in [5, 5.41) is 0.797. The first kappa shape index (κ1) is 10.2. The number of hydrogen-bond acceptors (Lipinski definition) is 2. The lowest BCUT2D eigenvalue weighted by molar-refractivity contribution is -0.274. The molecule has 0 bridgehead atoms. The van der Waals surface area contributed by atoms with Crippen LogP contribution in [0.2, 0.25) is 5.02 Å². The second-order valence-corrected chi connectivity index (χ2v) is 3.16. The third-order valence-corrected chi connectivity index (χ3v) is 1.98. The Balaban J connectivity index is 2.46. The van der Waals surface area contributed by atoms with Crippen molar-refractivity contribution < 1.29 is 22.3 Å². The van der Waals surface area contributed by atoms with Crippen molar-refractivity contribution in [3.63, 3.8) is 0 Å². The Morgan fingerprint density at radius 1 is 1.33 bits per heavy atom. The van der Waals surface area contributed by atoms with Crippen molar-refractivity contribution in [2.45, 2.75) is 6.36 Å². The fourth-order valence-electron chi connectivity index (χ4n) is 1.11. The van der Waals surface area contributed by atoms with Gasteiger partial charge in [0.25, 0.3) is 0 Å². The Morgan fingerprint density at radius 2 is 2.07 bits per heavy atom. The zero-order valence-electron chi connectivity index (χ0n) is 7.06. The van der Waals surface area contributed by atoms with E-state index in [-0.39, 0.29) is 5.02 Å². The summed E-state index contributed by atoms with van der Waals surface area (Å²) < 4.78 is 44.2. The van der Waals surface area contributed by atoms with E-state index in [0.29, 0.717) is 10.8 Å². The van der Waals surface area contributed by atoms with Gasteiger partial charge in [-0.05, 0) is 12.1 Å². The predicted octanol–water partition coefficient (Wildman–Crippen LogP) is 3.78. The zero-order chi connectivity index (χ0) is 11.1. The number of benzene rings is 1. The molecule has 0 N–H and O–H groups in total. The SMILES string of the molecule is FC(F)(F)Oc1cc2co[c]c2cc1Cl. The van der Waals surface area contributed by atoms with Gasteiger partial charge in [0, 0.05) is 10.8 Å². The minimum atomic E-state index is -4.76. The molecular formula is C9H3ClF3O2. The Morgan fingerprint density at radius 3 is 2.73 bits per heavy atom. The van der Waals surface area contributed by atoms with Crippen LogP contribution in [0.15, 0.2) is 22.8 Å². The van der Waals surface area contributed by atoms with E-state index in [9.17, 15) is 13.2 Å². The summed E-state index contributed by atoms with van der Waals surface area (Å²) in [6, 6.07) is 2.44. The van der Waals surface area contributed by atoms with Crippen molar-refractivity contribution in [2.75, 3.05) is 0 Å². The number of hydrogen-bond donors (Lipinski definition) is 0. The predicted molar refractivity (Wildman–Crippen MR) is 46.7 cm³/mol. The number of halogens is 4. The van der Waals surface area contributed by atoms with E-state index in [0.717, 1.165) is 6.07 Å². The molecule has 0 atom stereocenters. The number of alkyl halides is 3. The van der Waals surface area contributed by atoms with Crippen LogP contribution in [-0.2, 0) is 0 Å². The highest BCUT2D eigenvalue weighted by molar-refractivity contribution is 6.32. The first-order valence-electron chi connectivity index (χ1n) is 3.80. The van der Waals surface area contributed by atoms with Gasteiger partial charge in [0.15, 0.2) is 6.26 Å². The third kappa shape index (κ3) is 2.18. The monoisotopic (exact) mass is 235 g/mol. The van der Waals surface area contributed by atoms with E-state index in [1.807, 2.05) is 0 Å². The second kappa shape index (κ2) is 3.34. The van der Waals surface area contributed by atoms with E-state index in [1.165, 1.54) is 12.3 Å².